The van der Waals surface area contributed by atoms with Crippen molar-refractivity contribution in [1.82, 2.24) is 4.98 Å². The van der Waals surface area contributed by atoms with Crippen LogP contribution in [0, 0.1) is 11.3 Å². The van der Waals surface area contributed by atoms with Gasteiger partial charge in [-0.15, -0.1) is 0 Å². The van der Waals surface area contributed by atoms with E-state index >= 15 is 0 Å². The summed E-state index contributed by atoms with van der Waals surface area (Å²) in [4.78, 5) is 4.24. The van der Waals surface area contributed by atoms with Crippen molar-refractivity contribution in [3.8, 4) is 17.6 Å². The number of aromatic nitrogens is 1. The van der Waals surface area contributed by atoms with E-state index in [9.17, 15) is 5.26 Å². The molecule has 0 unspecified atom stereocenters. The highest BCUT2D eigenvalue weighted by atomic mass is 16.5. The molecule has 0 bridgehead atoms. The predicted octanol–water partition coefficient (Wildman–Crippen LogP) is 3.87. The summed E-state index contributed by atoms with van der Waals surface area (Å²) in [6.07, 6.45) is 4.53. The SMILES string of the molecule is CCOc1cc2c(cc1/C=C(\C#N)c1ccccn1)O[C@@H](C)C2. The number of ether oxygens (including phenoxy) is 2. The van der Waals surface area contributed by atoms with Crippen molar-refractivity contribution in [3.05, 3.63) is 53.3 Å². The molecule has 0 fully saturated rings. The van der Waals surface area contributed by atoms with Crippen LogP contribution in [0.25, 0.3) is 11.6 Å². The lowest BCUT2D eigenvalue weighted by atomic mass is 10.0. The summed E-state index contributed by atoms with van der Waals surface area (Å²) in [6.45, 7) is 4.57. The fourth-order valence-electron chi connectivity index (χ4n) is 2.69. The van der Waals surface area contributed by atoms with Crippen LogP contribution in [0.2, 0.25) is 0 Å². The molecular formula is C19H18N2O2. The quantitative estimate of drug-likeness (QED) is 0.805. The molecule has 0 aliphatic carbocycles. The van der Waals surface area contributed by atoms with Crippen LogP contribution in [-0.4, -0.2) is 17.7 Å². The lowest BCUT2D eigenvalue weighted by molar-refractivity contribution is 0.254. The standard InChI is InChI=1S/C19H18N2O2/c1-3-22-18-10-14-8-13(2)23-19(14)11-15(18)9-16(12-20)17-6-4-5-7-21-17/h4-7,9-11,13H,3,8H2,1-2H3/b16-9+/t13-/m0/s1. The van der Waals surface area contributed by atoms with E-state index in [0.29, 0.717) is 17.9 Å². The maximum atomic E-state index is 9.47. The number of nitriles is 1. The Morgan fingerprint density at radius 1 is 1.48 bits per heavy atom. The van der Waals surface area contributed by atoms with Gasteiger partial charge in [-0.25, -0.2) is 0 Å². The second-order valence-electron chi connectivity index (χ2n) is 5.45. The third-order valence-corrected chi connectivity index (χ3v) is 3.69. The first kappa shape index (κ1) is 15.1. The fraction of sp³-hybridized carbons (Fsp3) is 0.263. The Labute approximate surface area is 136 Å². The van der Waals surface area contributed by atoms with Crippen LogP contribution < -0.4 is 9.47 Å². The zero-order valence-electron chi connectivity index (χ0n) is 13.2. The first-order valence-electron chi connectivity index (χ1n) is 7.71. The van der Waals surface area contributed by atoms with E-state index in [0.717, 1.165) is 29.0 Å². The molecule has 1 aromatic carbocycles. The number of allylic oxidation sites excluding steroid dienone is 1. The van der Waals surface area contributed by atoms with Gasteiger partial charge in [0, 0.05) is 23.7 Å². The monoisotopic (exact) mass is 306 g/mol. The molecule has 0 spiro atoms. The van der Waals surface area contributed by atoms with Crippen LogP contribution in [0.15, 0.2) is 36.5 Å². The van der Waals surface area contributed by atoms with Crippen molar-refractivity contribution in [2.75, 3.05) is 6.61 Å². The van der Waals surface area contributed by atoms with Crippen LogP contribution in [-0.2, 0) is 6.42 Å². The van der Waals surface area contributed by atoms with Crippen molar-refractivity contribution < 1.29 is 9.47 Å². The summed E-state index contributed by atoms with van der Waals surface area (Å²) in [5.41, 5.74) is 3.13. The Kier molecular flexibility index (Phi) is 4.29. The molecule has 116 valence electrons. The van der Waals surface area contributed by atoms with Gasteiger partial charge in [0.1, 0.15) is 23.7 Å². The molecule has 3 rings (SSSR count). The molecule has 1 atom stereocenters. The molecule has 4 nitrogen and oxygen atoms in total. The molecule has 1 aliphatic rings. The highest BCUT2D eigenvalue weighted by Gasteiger charge is 2.21. The average molecular weight is 306 g/mol. The second-order valence-corrected chi connectivity index (χ2v) is 5.45. The van der Waals surface area contributed by atoms with E-state index in [1.807, 2.05) is 44.2 Å². The van der Waals surface area contributed by atoms with E-state index in [-0.39, 0.29) is 6.10 Å². The molecule has 2 aromatic rings. The van der Waals surface area contributed by atoms with E-state index in [2.05, 4.69) is 11.1 Å². The molecule has 0 radical (unpaired) electrons. The van der Waals surface area contributed by atoms with Crippen molar-refractivity contribution in [1.29, 1.82) is 5.26 Å². The highest BCUT2D eigenvalue weighted by Crippen LogP contribution is 2.36. The maximum Gasteiger partial charge on any atom is 0.127 e. The molecule has 2 heterocycles. The summed E-state index contributed by atoms with van der Waals surface area (Å²) < 4.78 is 11.6. The molecular weight excluding hydrogens is 288 g/mol. The van der Waals surface area contributed by atoms with Gasteiger partial charge in [-0.2, -0.15) is 5.26 Å². The molecule has 4 heteroatoms. The number of fused-ring (bicyclic) bond motifs is 1. The third kappa shape index (κ3) is 3.19. The van der Waals surface area contributed by atoms with Crippen molar-refractivity contribution >= 4 is 11.6 Å². The van der Waals surface area contributed by atoms with Gasteiger partial charge < -0.3 is 9.47 Å². The van der Waals surface area contributed by atoms with Gasteiger partial charge in [-0.05, 0) is 44.2 Å². The fourth-order valence-corrected chi connectivity index (χ4v) is 2.69. The van der Waals surface area contributed by atoms with Crippen molar-refractivity contribution in [2.24, 2.45) is 0 Å². The Morgan fingerprint density at radius 3 is 3.04 bits per heavy atom. The summed E-state index contributed by atoms with van der Waals surface area (Å²) in [6, 6.07) is 11.7. The molecule has 23 heavy (non-hydrogen) atoms. The minimum absolute atomic E-state index is 0.171. The van der Waals surface area contributed by atoms with Gasteiger partial charge in [-0.3, -0.25) is 4.98 Å². The molecule has 0 saturated heterocycles. The van der Waals surface area contributed by atoms with Crippen molar-refractivity contribution in [3.63, 3.8) is 0 Å². The van der Waals surface area contributed by atoms with Gasteiger partial charge >= 0.3 is 0 Å². The largest absolute Gasteiger partial charge is 0.493 e. The second kappa shape index (κ2) is 6.53. The Morgan fingerprint density at radius 2 is 2.35 bits per heavy atom. The Hall–Kier alpha value is -2.80. The molecule has 0 N–H and O–H groups in total. The van der Waals surface area contributed by atoms with E-state index in [4.69, 9.17) is 9.47 Å². The summed E-state index contributed by atoms with van der Waals surface area (Å²) in [5, 5.41) is 9.47. The third-order valence-electron chi connectivity index (χ3n) is 3.69. The van der Waals surface area contributed by atoms with Gasteiger partial charge in [0.2, 0.25) is 0 Å². The molecule has 1 aromatic heterocycles. The number of pyridine rings is 1. The lowest BCUT2D eigenvalue weighted by Gasteiger charge is -2.10. The average Bonchev–Trinajstić information content (AvgIpc) is 2.92. The molecule has 1 aliphatic heterocycles. The van der Waals surface area contributed by atoms with Crippen LogP contribution in [0.3, 0.4) is 0 Å². The number of benzene rings is 1. The number of hydrogen-bond acceptors (Lipinski definition) is 4. The normalized spacial score (nSPS) is 16.4. The minimum Gasteiger partial charge on any atom is -0.493 e. The number of rotatable bonds is 4. The summed E-state index contributed by atoms with van der Waals surface area (Å²) in [7, 11) is 0. The highest BCUT2D eigenvalue weighted by molar-refractivity contribution is 5.89. The van der Waals surface area contributed by atoms with Gasteiger partial charge in [-0.1, -0.05) is 6.07 Å². The van der Waals surface area contributed by atoms with E-state index in [1.54, 1.807) is 12.3 Å². The molecule has 0 amide bonds. The summed E-state index contributed by atoms with van der Waals surface area (Å²) in [5.74, 6) is 1.64. The summed E-state index contributed by atoms with van der Waals surface area (Å²) >= 11 is 0. The first-order valence-corrected chi connectivity index (χ1v) is 7.71. The van der Waals surface area contributed by atoms with Crippen LogP contribution in [0.4, 0.5) is 0 Å². The number of nitrogens with zero attached hydrogens (tertiary/aromatic N) is 2. The number of hydrogen-bond donors (Lipinski definition) is 0. The van der Waals surface area contributed by atoms with Crippen LogP contribution >= 0.6 is 0 Å². The molecule has 0 saturated carbocycles. The van der Waals surface area contributed by atoms with Gasteiger partial charge in [0.05, 0.1) is 17.9 Å². The topological polar surface area (TPSA) is 55.1 Å². The first-order chi connectivity index (χ1) is 11.2. The zero-order valence-corrected chi connectivity index (χ0v) is 13.2. The Balaban J connectivity index is 2.06. The maximum absolute atomic E-state index is 9.47. The van der Waals surface area contributed by atoms with Crippen molar-refractivity contribution in [2.45, 2.75) is 26.4 Å². The smallest absolute Gasteiger partial charge is 0.127 e. The minimum atomic E-state index is 0.171. The van der Waals surface area contributed by atoms with Gasteiger partial charge in [0.15, 0.2) is 0 Å². The Bertz CT molecular complexity index is 776. The predicted molar refractivity (Wildman–Crippen MR) is 89.1 cm³/mol. The van der Waals surface area contributed by atoms with E-state index < -0.39 is 0 Å². The van der Waals surface area contributed by atoms with E-state index in [1.165, 1.54) is 0 Å². The van der Waals surface area contributed by atoms with Gasteiger partial charge in [0.25, 0.3) is 0 Å². The van der Waals surface area contributed by atoms with Crippen LogP contribution in [0.5, 0.6) is 11.5 Å². The van der Waals surface area contributed by atoms with Crippen LogP contribution in [0.1, 0.15) is 30.7 Å². The lowest BCUT2D eigenvalue weighted by Crippen LogP contribution is -2.05. The zero-order chi connectivity index (χ0) is 16.2.